The van der Waals surface area contributed by atoms with Crippen molar-refractivity contribution in [2.24, 2.45) is 10.7 Å². The normalized spacial score (nSPS) is 14.3. The minimum Gasteiger partial charge on any atom is -0.491 e. The first-order valence-electron chi connectivity index (χ1n) is 11.1. The molecule has 0 aliphatic carbocycles. The van der Waals surface area contributed by atoms with Crippen LogP contribution in [0.2, 0.25) is 5.02 Å². The fraction of sp³-hybridized carbons (Fsp3) is 0.280. The number of rotatable bonds is 11. The number of amidine groups is 1. The number of carbonyl (C=O) groups is 1. The van der Waals surface area contributed by atoms with Gasteiger partial charge in [-0.2, -0.15) is 0 Å². The predicted octanol–water partition coefficient (Wildman–Crippen LogP) is 4.30. The highest BCUT2D eigenvalue weighted by molar-refractivity contribution is 6.31. The summed E-state index contributed by atoms with van der Waals surface area (Å²) in [5.41, 5.74) is 8.10. The van der Waals surface area contributed by atoms with Crippen LogP contribution in [-0.2, 0) is 9.53 Å². The van der Waals surface area contributed by atoms with Gasteiger partial charge in [-0.15, -0.1) is 0 Å². The second-order valence-electron chi connectivity index (χ2n) is 7.69. The Kier molecular flexibility index (Phi) is 9.66. The maximum atomic E-state index is 13.5. The van der Waals surface area contributed by atoms with Gasteiger partial charge in [-0.1, -0.05) is 24.8 Å². The van der Waals surface area contributed by atoms with E-state index in [1.807, 2.05) is 0 Å². The van der Waals surface area contributed by atoms with Crippen molar-refractivity contribution in [2.45, 2.75) is 6.42 Å². The Balaban J connectivity index is 1.86. The van der Waals surface area contributed by atoms with Crippen molar-refractivity contribution in [3.63, 3.8) is 0 Å². The average molecular weight is 502 g/mol. The second-order valence-corrected chi connectivity index (χ2v) is 8.09. The second kappa shape index (κ2) is 12.9. The number of halogens is 2. The first-order valence-corrected chi connectivity index (χ1v) is 11.5. The minimum absolute atomic E-state index is 0.0664. The van der Waals surface area contributed by atoms with Gasteiger partial charge in [0.2, 0.25) is 5.91 Å². The molecular weight excluding hydrogens is 473 g/mol. The third-order valence-electron chi connectivity index (χ3n) is 5.23. The molecule has 2 aromatic carbocycles. The van der Waals surface area contributed by atoms with Crippen molar-refractivity contribution in [3.8, 4) is 5.75 Å². The quantitative estimate of drug-likeness (QED) is 0.184. The van der Waals surface area contributed by atoms with Crippen LogP contribution in [-0.4, -0.2) is 56.1 Å². The van der Waals surface area contributed by atoms with Crippen LogP contribution in [0.25, 0.3) is 0 Å². The van der Waals surface area contributed by atoms with E-state index in [2.05, 4.69) is 33.7 Å². The van der Waals surface area contributed by atoms with Gasteiger partial charge in [-0.05, 0) is 43.0 Å². The number of morpholine rings is 1. The lowest BCUT2D eigenvalue weighted by Gasteiger charge is -2.26. The Morgan fingerprint density at radius 2 is 2.03 bits per heavy atom. The van der Waals surface area contributed by atoms with E-state index in [0.29, 0.717) is 35.0 Å². The summed E-state index contributed by atoms with van der Waals surface area (Å²) in [4.78, 5) is 18.7. The van der Waals surface area contributed by atoms with Crippen LogP contribution in [0, 0.1) is 5.82 Å². The fourth-order valence-electron chi connectivity index (χ4n) is 3.47. The number of nitrogens with zero attached hydrogens (tertiary/aromatic N) is 2. The van der Waals surface area contributed by atoms with Crippen molar-refractivity contribution in [1.82, 2.24) is 4.90 Å². The lowest BCUT2D eigenvalue weighted by Crippen LogP contribution is -2.37. The van der Waals surface area contributed by atoms with Gasteiger partial charge in [0, 0.05) is 31.3 Å². The molecule has 1 heterocycles. The molecule has 0 spiro atoms. The van der Waals surface area contributed by atoms with E-state index in [4.69, 9.17) is 26.8 Å². The first kappa shape index (κ1) is 26.2. The van der Waals surface area contributed by atoms with Crippen molar-refractivity contribution in [2.75, 3.05) is 50.1 Å². The number of amides is 1. The molecule has 1 aliphatic rings. The Labute approximate surface area is 209 Å². The van der Waals surface area contributed by atoms with Crippen LogP contribution >= 0.6 is 11.6 Å². The van der Waals surface area contributed by atoms with Crippen molar-refractivity contribution >= 4 is 40.4 Å². The summed E-state index contributed by atoms with van der Waals surface area (Å²) in [6.07, 6.45) is 3.45. The number of carbonyl (C=O) groups excluding carboxylic acids is 1. The first-order chi connectivity index (χ1) is 16.9. The number of benzene rings is 2. The third kappa shape index (κ3) is 7.54. The molecule has 4 N–H and O–H groups in total. The monoisotopic (exact) mass is 501 g/mol. The highest BCUT2D eigenvalue weighted by Gasteiger charge is 2.16. The highest BCUT2D eigenvalue weighted by Crippen LogP contribution is 2.33. The smallest absolute Gasteiger partial charge is 0.247 e. The Hall–Kier alpha value is -3.40. The lowest BCUT2D eigenvalue weighted by molar-refractivity contribution is -0.111. The number of ether oxygens (including phenoxy) is 2. The van der Waals surface area contributed by atoms with Gasteiger partial charge in [-0.3, -0.25) is 9.69 Å². The zero-order valence-corrected chi connectivity index (χ0v) is 20.1. The van der Waals surface area contributed by atoms with E-state index in [0.717, 1.165) is 45.3 Å². The maximum Gasteiger partial charge on any atom is 0.247 e. The number of hydrogen-bond donors (Lipinski definition) is 3. The molecule has 1 aliphatic heterocycles. The predicted molar refractivity (Wildman–Crippen MR) is 138 cm³/mol. The van der Waals surface area contributed by atoms with Crippen molar-refractivity contribution in [1.29, 1.82) is 0 Å². The zero-order valence-electron chi connectivity index (χ0n) is 19.4. The van der Waals surface area contributed by atoms with Crippen LogP contribution in [0.1, 0.15) is 12.0 Å². The molecular formula is C25H29ClFN5O3. The molecule has 1 fully saturated rings. The maximum absolute atomic E-state index is 13.5. The van der Waals surface area contributed by atoms with Gasteiger partial charge in [0.1, 0.15) is 17.4 Å². The van der Waals surface area contributed by atoms with Gasteiger partial charge in [0.25, 0.3) is 0 Å². The third-order valence-corrected chi connectivity index (χ3v) is 5.52. The van der Waals surface area contributed by atoms with Gasteiger partial charge in [0.15, 0.2) is 0 Å². The van der Waals surface area contributed by atoms with Crippen LogP contribution in [0.3, 0.4) is 0 Å². The molecule has 0 bridgehead atoms. The average Bonchev–Trinajstić information content (AvgIpc) is 2.86. The lowest BCUT2D eigenvalue weighted by atomic mass is 10.1. The Bertz CT molecular complexity index is 1100. The molecule has 35 heavy (non-hydrogen) atoms. The van der Waals surface area contributed by atoms with Gasteiger partial charge in [0.05, 0.1) is 41.9 Å². The van der Waals surface area contributed by atoms with E-state index in [9.17, 15) is 9.18 Å². The van der Waals surface area contributed by atoms with Crippen LogP contribution in [0.15, 0.2) is 60.8 Å². The van der Waals surface area contributed by atoms with Crippen LogP contribution < -0.4 is 21.1 Å². The van der Waals surface area contributed by atoms with Crippen molar-refractivity contribution in [3.05, 3.63) is 72.2 Å². The summed E-state index contributed by atoms with van der Waals surface area (Å²) in [5.74, 6) is -0.389. The molecule has 0 aromatic heterocycles. The molecule has 10 heteroatoms. The Morgan fingerprint density at radius 3 is 2.71 bits per heavy atom. The number of anilines is 2. The molecule has 1 amide bonds. The fourth-order valence-corrected chi connectivity index (χ4v) is 3.65. The molecule has 0 atom stereocenters. The number of nitrogens with two attached hydrogens (primary N) is 1. The standard InChI is InChI=1S/C25H29ClFN5O3/c1-3-24(33)31-22-15-18(25(28)30-17-6-7-20(27)19(26)14-17)21(29-4-2)16-23(22)35-11-5-8-32-9-12-34-13-10-32/h3-4,6-7,14-16,29H,1-2,5,8-13H2,(H2,28,30)(H,31,33). The molecule has 1 saturated heterocycles. The summed E-state index contributed by atoms with van der Waals surface area (Å²) in [7, 11) is 0. The van der Waals surface area contributed by atoms with Crippen molar-refractivity contribution < 1.29 is 18.7 Å². The largest absolute Gasteiger partial charge is 0.491 e. The topological polar surface area (TPSA) is 101 Å². The zero-order chi connectivity index (χ0) is 25.2. The summed E-state index contributed by atoms with van der Waals surface area (Å²) in [6.45, 7) is 11.8. The van der Waals surface area contributed by atoms with Gasteiger partial charge < -0.3 is 25.8 Å². The number of aliphatic imine (C=N–C) groups is 1. The van der Waals surface area contributed by atoms with E-state index in [1.165, 1.54) is 24.4 Å². The summed E-state index contributed by atoms with van der Waals surface area (Å²) < 4.78 is 24.9. The molecule has 0 unspecified atom stereocenters. The van der Waals surface area contributed by atoms with Crippen LogP contribution in [0.5, 0.6) is 5.75 Å². The minimum atomic E-state index is -0.553. The van der Waals surface area contributed by atoms with E-state index < -0.39 is 11.7 Å². The SMILES string of the molecule is C=CNc1cc(OCCCN2CCOCC2)c(NC(=O)C=C)cc1C(N)=Nc1ccc(F)c(Cl)c1. The highest BCUT2D eigenvalue weighted by atomic mass is 35.5. The molecule has 3 rings (SSSR count). The van der Waals surface area contributed by atoms with Gasteiger partial charge >= 0.3 is 0 Å². The number of nitrogens with one attached hydrogen (secondary N) is 2. The van der Waals surface area contributed by atoms with Gasteiger partial charge in [-0.25, -0.2) is 9.38 Å². The van der Waals surface area contributed by atoms with E-state index >= 15 is 0 Å². The van der Waals surface area contributed by atoms with E-state index in [-0.39, 0.29) is 10.9 Å². The summed E-state index contributed by atoms with van der Waals surface area (Å²) >= 11 is 5.86. The molecule has 2 aromatic rings. The summed E-state index contributed by atoms with van der Waals surface area (Å²) in [6, 6.07) is 7.40. The van der Waals surface area contributed by atoms with Crippen LogP contribution in [0.4, 0.5) is 21.5 Å². The molecule has 8 nitrogen and oxygen atoms in total. The molecule has 0 radical (unpaired) electrons. The van der Waals surface area contributed by atoms with E-state index in [1.54, 1.807) is 12.1 Å². The molecule has 186 valence electrons. The summed E-state index contributed by atoms with van der Waals surface area (Å²) in [5, 5.41) is 5.71. The number of hydrogen-bond acceptors (Lipinski definition) is 6. The Morgan fingerprint density at radius 1 is 1.26 bits per heavy atom. The molecule has 0 saturated carbocycles.